The molecule has 1 N–H and O–H groups in total. The van der Waals surface area contributed by atoms with Crippen molar-refractivity contribution in [3.05, 3.63) is 82.9 Å². The largest absolute Gasteiger partial charge is 0.433 e. The van der Waals surface area contributed by atoms with Gasteiger partial charge in [-0.3, -0.25) is 9.78 Å². The minimum absolute atomic E-state index is 0.0673. The van der Waals surface area contributed by atoms with Gasteiger partial charge in [0.15, 0.2) is 17.0 Å². The predicted octanol–water partition coefficient (Wildman–Crippen LogP) is 4.39. The molecule has 1 amide bonds. The number of aromatic nitrogens is 4. The van der Waals surface area contributed by atoms with Gasteiger partial charge in [0.1, 0.15) is 5.02 Å². The molecule has 3 heterocycles. The summed E-state index contributed by atoms with van der Waals surface area (Å²) in [6.07, 6.45) is -3.17. The molecule has 0 spiro atoms. The number of carbonyl (C=O) groups is 1. The average Bonchev–Trinajstić information content (AvgIpc) is 3.08. The zero-order chi connectivity index (χ0) is 21.3. The first-order valence-electron chi connectivity index (χ1n) is 8.74. The number of carbonyl (C=O) groups excluding carboxylic acids is 1. The summed E-state index contributed by atoms with van der Waals surface area (Å²) < 4.78 is 41.6. The Balaban J connectivity index is 1.77. The van der Waals surface area contributed by atoms with Crippen molar-refractivity contribution >= 4 is 23.2 Å². The normalized spacial score (nSPS) is 11.6. The van der Waals surface area contributed by atoms with Crippen LogP contribution in [0.25, 0.3) is 16.9 Å². The maximum atomic E-state index is 13.7. The summed E-state index contributed by atoms with van der Waals surface area (Å²) in [5, 5.41) is 6.08. The number of alkyl halides is 3. The summed E-state index contributed by atoms with van der Waals surface area (Å²) in [7, 11) is 0. The predicted molar refractivity (Wildman–Crippen MR) is 104 cm³/mol. The van der Waals surface area contributed by atoms with Crippen LogP contribution in [0.4, 0.5) is 13.2 Å². The van der Waals surface area contributed by atoms with E-state index in [-0.39, 0.29) is 28.6 Å². The fraction of sp³-hybridized carbons (Fsp3) is 0.100. The smallest absolute Gasteiger partial charge is 0.345 e. The third-order valence-electron chi connectivity index (χ3n) is 4.26. The summed E-state index contributed by atoms with van der Waals surface area (Å²) in [5.74, 6) is -0.731. The van der Waals surface area contributed by atoms with Gasteiger partial charge in [-0.2, -0.15) is 18.3 Å². The average molecular weight is 432 g/mol. The van der Waals surface area contributed by atoms with Crippen LogP contribution in [-0.4, -0.2) is 25.5 Å². The van der Waals surface area contributed by atoms with E-state index < -0.39 is 17.8 Å². The lowest BCUT2D eigenvalue weighted by Crippen LogP contribution is -2.24. The van der Waals surface area contributed by atoms with Crippen LogP contribution in [0.1, 0.15) is 21.9 Å². The van der Waals surface area contributed by atoms with E-state index in [9.17, 15) is 18.0 Å². The van der Waals surface area contributed by atoms with E-state index in [2.05, 4.69) is 20.4 Å². The van der Waals surface area contributed by atoms with E-state index in [1.165, 1.54) is 0 Å². The van der Waals surface area contributed by atoms with Crippen molar-refractivity contribution in [2.45, 2.75) is 12.7 Å². The van der Waals surface area contributed by atoms with Crippen LogP contribution in [0.2, 0.25) is 5.02 Å². The van der Waals surface area contributed by atoms with Crippen molar-refractivity contribution in [1.82, 2.24) is 24.9 Å². The second-order valence-electron chi connectivity index (χ2n) is 6.29. The van der Waals surface area contributed by atoms with Crippen LogP contribution >= 0.6 is 11.6 Å². The van der Waals surface area contributed by atoms with E-state index in [0.29, 0.717) is 15.8 Å². The van der Waals surface area contributed by atoms with Gasteiger partial charge >= 0.3 is 6.18 Å². The molecule has 0 bridgehead atoms. The van der Waals surface area contributed by atoms with Crippen LogP contribution in [0.15, 0.2) is 60.8 Å². The molecule has 30 heavy (non-hydrogen) atoms. The number of nitrogens with zero attached hydrogens (tertiary/aromatic N) is 4. The summed E-state index contributed by atoms with van der Waals surface area (Å²) >= 11 is 6.23. The number of pyridine rings is 1. The Labute approximate surface area is 173 Å². The Morgan fingerprint density at radius 3 is 2.50 bits per heavy atom. The maximum absolute atomic E-state index is 13.7. The first-order valence-corrected chi connectivity index (χ1v) is 9.12. The number of halogens is 4. The van der Waals surface area contributed by atoms with Gasteiger partial charge in [-0.25, -0.2) is 9.50 Å². The van der Waals surface area contributed by atoms with Gasteiger partial charge in [0.25, 0.3) is 5.91 Å². The molecule has 4 rings (SSSR count). The molecule has 1 aromatic carbocycles. The molecule has 0 atom stereocenters. The summed E-state index contributed by atoms with van der Waals surface area (Å²) in [4.78, 5) is 20.8. The topological polar surface area (TPSA) is 72.2 Å². The highest BCUT2D eigenvalue weighted by atomic mass is 35.5. The lowest BCUT2D eigenvalue weighted by molar-refractivity contribution is -0.142. The van der Waals surface area contributed by atoms with E-state index in [0.717, 1.165) is 6.07 Å². The number of nitrogens with one attached hydrogen (secondary N) is 1. The van der Waals surface area contributed by atoms with Crippen molar-refractivity contribution in [1.29, 1.82) is 0 Å². The lowest BCUT2D eigenvalue weighted by Gasteiger charge is -2.11. The molecule has 10 heteroatoms. The van der Waals surface area contributed by atoms with E-state index in [1.807, 2.05) is 0 Å². The highest BCUT2D eigenvalue weighted by molar-refractivity contribution is 6.36. The second kappa shape index (κ2) is 7.75. The third-order valence-corrected chi connectivity index (χ3v) is 4.61. The standard InChI is InChI=1S/C20H13ClF3N5O/c21-16-17(19(30)26-11-13-8-4-5-9-25-13)28-29-15(20(22,23)24)10-14(27-18(16)29)12-6-2-1-3-7-12/h1-10H,11H2,(H,26,30). The van der Waals surface area contributed by atoms with E-state index >= 15 is 0 Å². The molecule has 0 saturated heterocycles. The van der Waals surface area contributed by atoms with Gasteiger partial charge in [0, 0.05) is 11.8 Å². The van der Waals surface area contributed by atoms with Gasteiger partial charge in [0.05, 0.1) is 17.9 Å². The molecule has 0 saturated carbocycles. The third kappa shape index (κ3) is 3.84. The molecule has 3 aromatic heterocycles. The number of hydrogen-bond acceptors (Lipinski definition) is 4. The fourth-order valence-electron chi connectivity index (χ4n) is 2.85. The molecule has 0 radical (unpaired) electrons. The van der Waals surface area contributed by atoms with Gasteiger partial charge in [-0.1, -0.05) is 48.0 Å². The lowest BCUT2D eigenvalue weighted by atomic mass is 10.1. The molecule has 0 aliphatic rings. The second-order valence-corrected chi connectivity index (χ2v) is 6.67. The van der Waals surface area contributed by atoms with Gasteiger partial charge in [-0.15, -0.1) is 0 Å². The molecule has 0 fully saturated rings. The Hall–Kier alpha value is -3.46. The first-order chi connectivity index (χ1) is 14.3. The quantitative estimate of drug-likeness (QED) is 0.520. The molecule has 0 aliphatic heterocycles. The van der Waals surface area contributed by atoms with Crippen molar-refractivity contribution in [2.24, 2.45) is 0 Å². The van der Waals surface area contributed by atoms with E-state index in [4.69, 9.17) is 11.6 Å². The number of fused-ring (bicyclic) bond motifs is 1. The van der Waals surface area contributed by atoms with Crippen molar-refractivity contribution in [3.63, 3.8) is 0 Å². The van der Waals surface area contributed by atoms with Crippen LogP contribution in [-0.2, 0) is 12.7 Å². The van der Waals surface area contributed by atoms with E-state index in [1.54, 1.807) is 54.7 Å². The van der Waals surface area contributed by atoms with Crippen molar-refractivity contribution in [3.8, 4) is 11.3 Å². The van der Waals surface area contributed by atoms with Crippen LogP contribution in [0.5, 0.6) is 0 Å². The zero-order valence-electron chi connectivity index (χ0n) is 15.2. The Morgan fingerprint density at radius 2 is 1.83 bits per heavy atom. The Morgan fingerprint density at radius 1 is 1.10 bits per heavy atom. The highest BCUT2D eigenvalue weighted by Crippen LogP contribution is 2.34. The van der Waals surface area contributed by atoms with Crippen LogP contribution in [0, 0.1) is 0 Å². The Kier molecular flexibility index (Phi) is 5.13. The van der Waals surface area contributed by atoms with Gasteiger partial charge < -0.3 is 5.32 Å². The SMILES string of the molecule is O=C(NCc1ccccn1)c1nn2c(C(F)(F)F)cc(-c3ccccc3)nc2c1Cl. The fourth-order valence-corrected chi connectivity index (χ4v) is 3.10. The highest BCUT2D eigenvalue weighted by Gasteiger charge is 2.36. The minimum Gasteiger partial charge on any atom is -0.345 e. The number of benzene rings is 1. The number of amides is 1. The van der Waals surface area contributed by atoms with Crippen molar-refractivity contribution < 1.29 is 18.0 Å². The number of hydrogen-bond donors (Lipinski definition) is 1. The van der Waals surface area contributed by atoms with Crippen LogP contribution in [0.3, 0.4) is 0 Å². The molecular weight excluding hydrogens is 419 g/mol. The zero-order valence-corrected chi connectivity index (χ0v) is 15.9. The summed E-state index contributed by atoms with van der Waals surface area (Å²) in [5.41, 5.74) is -0.575. The Bertz CT molecular complexity index is 1210. The molecule has 0 aliphatic carbocycles. The monoisotopic (exact) mass is 431 g/mol. The summed E-state index contributed by atoms with van der Waals surface area (Å²) in [6.45, 7) is 0.0682. The summed E-state index contributed by atoms with van der Waals surface area (Å²) in [6, 6.07) is 14.4. The van der Waals surface area contributed by atoms with Gasteiger partial charge in [0.2, 0.25) is 0 Å². The van der Waals surface area contributed by atoms with Crippen LogP contribution < -0.4 is 5.32 Å². The molecule has 4 aromatic rings. The van der Waals surface area contributed by atoms with Crippen molar-refractivity contribution in [2.75, 3.05) is 0 Å². The first kappa shape index (κ1) is 19.8. The minimum atomic E-state index is -4.73. The molecular formula is C20H13ClF3N5O. The van der Waals surface area contributed by atoms with Gasteiger partial charge in [-0.05, 0) is 18.2 Å². The molecule has 6 nitrogen and oxygen atoms in total. The molecule has 152 valence electrons. The maximum Gasteiger partial charge on any atom is 0.433 e. The molecule has 0 unspecified atom stereocenters. The number of rotatable bonds is 4.